The van der Waals surface area contributed by atoms with Gasteiger partial charge < -0.3 is 25.0 Å². The zero-order chi connectivity index (χ0) is 27.9. The second-order valence-electron chi connectivity index (χ2n) is 9.43. The molecular formula is C30H33ClN4O4. The van der Waals surface area contributed by atoms with Crippen molar-refractivity contribution in [3.63, 3.8) is 0 Å². The topological polar surface area (TPSA) is 92.3 Å². The first-order valence-electron chi connectivity index (χ1n) is 12.7. The number of aliphatic imine (C=N–C) groups is 1. The van der Waals surface area contributed by atoms with Crippen LogP contribution in [0.5, 0.6) is 11.5 Å². The summed E-state index contributed by atoms with van der Waals surface area (Å²) in [5.74, 6) is 1.00. The number of alkyl halides is 1. The van der Waals surface area contributed by atoms with E-state index in [-0.39, 0.29) is 30.5 Å². The highest BCUT2D eigenvalue weighted by molar-refractivity contribution is 6.17. The van der Waals surface area contributed by atoms with Crippen LogP contribution in [0.3, 0.4) is 0 Å². The Balaban J connectivity index is 1.55. The summed E-state index contributed by atoms with van der Waals surface area (Å²) in [7, 11) is 5.29. The molecule has 9 heteroatoms. The van der Waals surface area contributed by atoms with Crippen LogP contribution in [0, 0.1) is 0 Å². The van der Waals surface area contributed by atoms with Crippen LogP contribution >= 0.6 is 11.6 Å². The van der Waals surface area contributed by atoms with Crippen LogP contribution in [-0.2, 0) is 23.7 Å². The number of ether oxygens (including phenoxy) is 2. The van der Waals surface area contributed by atoms with E-state index in [0.717, 1.165) is 23.8 Å². The van der Waals surface area contributed by atoms with Crippen LogP contribution in [-0.4, -0.2) is 51.7 Å². The van der Waals surface area contributed by atoms with Crippen LogP contribution < -0.4 is 25.0 Å². The second kappa shape index (κ2) is 12.8. The molecule has 1 heterocycles. The van der Waals surface area contributed by atoms with E-state index in [9.17, 15) is 9.59 Å². The fraction of sp³-hybridized carbons (Fsp3) is 0.300. The first-order valence-corrected chi connectivity index (χ1v) is 13.2. The molecule has 0 aliphatic carbocycles. The number of nitrogens with one attached hydrogen (secondary N) is 2. The van der Waals surface area contributed by atoms with Crippen LogP contribution in [0.15, 0.2) is 59.6 Å². The molecule has 3 aromatic rings. The Labute approximate surface area is 234 Å². The Morgan fingerprint density at radius 1 is 1.18 bits per heavy atom. The number of aldehydes is 1. The molecule has 0 aromatic heterocycles. The number of benzene rings is 3. The number of likely N-dealkylation sites (N-methyl/N-ethyl adjacent to an activating group) is 2. The fourth-order valence-electron chi connectivity index (χ4n) is 4.47. The summed E-state index contributed by atoms with van der Waals surface area (Å²) in [5.41, 5.74) is 5.64. The van der Waals surface area contributed by atoms with E-state index in [1.165, 1.54) is 18.4 Å². The van der Waals surface area contributed by atoms with Gasteiger partial charge in [-0.2, -0.15) is 0 Å². The molecule has 2 unspecified atom stereocenters. The minimum absolute atomic E-state index is 0.0749. The van der Waals surface area contributed by atoms with Crippen molar-refractivity contribution in [2.75, 3.05) is 31.4 Å². The van der Waals surface area contributed by atoms with Crippen molar-refractivity contribution in [2.24, 2.45) is 4.99 Å². The van der Waals surface area contributed by atoms with E-state index in [2.05, 4.69) is 32.7 Å². The molecule has 4 rings (SSSR count). The van der Waals surface area contributed by atoms with Crippen LogP contribution in [0.2, 0.25) is 0 Å². The van der Waals surface area contributed by atoms with Gasteiger partial charge in [0.2, 0.25) is 5.91 Å². The number of anilines is 2. The van der Waals surface area contributed by atoms with Crippen molar-refractivity contribution in [2.45, 2.75) is 37.9 Å². The third-order valence-electron chi connectivity index (χ3n) is 6.82. The molecule has 0 radical (unpaired) electrons. The van der Waals surface area contributed by atoms with Gasteiger partial charge in [-0.1, -0.05) is 24.3 Å². The zero-order valence-electron chi connectivity index (χ0n) is 22.5. The monoisotopic (exact) mass is 548 g/mol. The number of rotatable bonds is 11. The summed E-state index contributed by atoms with van der Waals surface area (Å²) < 4.78 is 11.6. The summed E-state index contributed by atoms with van der Waals surface area (Å²) in [6.45, 7) is 1.97. The predicted molar refractivity (Wildman–Crippen MR) is 156 cm³/mol. The number of nitrogens with zero attached hydrogens (tertiary/aromatic N) is 2. The molecule has 0 saturated heterocycles. The highest BCUT2D eigenvalue weighted by Gasteiger charge is 2.24. The van der Waals surface area contributed by atoms with Gasteiger partial charge in [-0.05, 0) is 61.3 Å². The molecule has 1 amide bonds. The molecule has 0 bridgehead atoms. The number of amides is 1. The maximum Gasteiger partial charge on any atom is 0.241 e. The molecule has 0 spiro atoms. The normalized spacial score (nSPS) is 15.2. The lowest BCUT2D eigenvalue weighted by Gasteiger charge is -2.19. The van der Waals surface area contributed by atoms with E-state index in [1.54, 1.807) is 26.1 Å². The first kappa shape index (κ1) is 28.1. The van der Waals surface area contributed by atoms with Gasteiger partial charge in [0.05, 0.1) is 24.9 Å². The van der Waals surface area contributed by atoms with Gasteiger partial charge in [0, 0.05) is 42.1 Å². The van der Waals surface area contributed by atoms with E-state index in [0.29, 0.717) is 28.4 Å². The van der Waals surface area contributed by atoms with Crippen molar-refractivity contribution in [3.8, 4) is 11.5 Å². The van der Waals surface area contributed by atoms with Crippen molar-refractivity contribution in [3.05, 3.63) is 76.9 Å². The average Bonchev–Trinajstić information content (AvgIpc) is 3.29. The van der Waals surface area contributed by atoms with E-state index in [1.807, 2.05) is 43.6 Å². The molecule has 2 N–H and O–H groups in total. The number of halogens is 1. The highest BCUT2D eigenvalue weighted by atomic mass is 35.5. The van der Waals surface area contributed by atoms with Crippen molar-refractivity contribution < 1.29 is 19.1 Å². The largest absolute Gasteiger partial charge is 0.493 e. The SMILES string of the molecule is CNC(C)C(=O)Nc1cc(CCl)cc(COc2cc(N=CC3Cc4ccccc4N3C)c(C=O)cc2OC)c1. The molecule has 1 aliphatic heterocycles. The number of carbonyl (C=O) groups excluding carboxylic acids is 2. The van der Waals surface area contributed by atoms with E-state index < -0.39 is 0 Å². The van der Waals surface area contributed by atoms with Crippen LogP contribution in [0.4, 0.5) is 17.1 Å². The number of carbonyl (C=O) groups is 2. The predicted octanol–water partition coefficient (Wildman–Crippen LogP) is 5.14. The molecule has 0 fully saturated rings. The Hall–Kier alpha value is -3.88. The second-order valence-corrected chi connectivity index (χ2v) is 9.70. The molecule has 2 atom stereocenters. The summed E-state index contributed by atoms with van der Waals surface area (Å²) in [6.07, 6.45) is 3.47. The van der Waals surface area contributed by atoms with Crippen LogP contribution in [0.1, 0.15) is 34.0 Å². The standard InChI is InChI=1S/C30H33ClN4O4/c1-19(32-2)30(37)34-24-10-20(15-31)9-21(11-24)18-39-29-14-26(23(17-36)13-28(29)38-4)33-16-25-12-22-7-5-6-8-27(22)35(25)3/h5-11,13-14,16-17,19,25,32H,12,15,18H2,1-4H3,(H,34,37). The average molecular weight is 549 g/mol. The number of hydrogen-bond donors (Lipinski definition) is 2. The number of fused-ring (bicyclic) bond motifs is 1. The third kappa shape index (κ3) is 6.58. The summed E-state index contributed by atoms with van der Waals surface area (Å²) in [6, 6.07) is 16.9. The molecule has 204 valence electrons. The molecular weight excluding hydrogens is 516 g/mol. The maximum absolute atomic E-state index is 12.4. The van der Waals surface area contributed by atoms with Gasteiger partial charge in [0.25, 0.3) is 0 Å². The van der Waals surface area contributed by atoms with E-state index in [4.69, 9.17) is 21.1 Å². The smallest absolute Gasteiger partial charge is 0.241 e. The first-order chi connectivity index (χ1) is 18.9. The number of hydrogen-bond acceptors (Lipinski definition) is 7. The Bertz CT molecular complexity index is 1380. The lowest BCUT2D eigenvalue weighted by molar-refractivity contribution is -0.117. The fourth-order valence-corrected chi connectivity index (χ4v) is 4.62. The molecule has 3 aromatic carbocycles. The highest BCUT2D eigenvalue weighted by Crippen LogP contribution is 2.36. The van der Waals surface area contributed by atoms with Crippen molar-refractivity contribution >= 4 is 47.1 Å². The van der Waals surface area contributed by atoms with Gasteiger partial charge in [0.15, 0.2) is 17.8 Å². The van der Waals surface area contributed by atoms with Gasteiger partial charge in [-0.15, -0.1) is 11.6 Å². The van der Waals surface area contributed by atoms with Crippen molar-refractivity contribution in [1.82, 2.24) is 5.32 Å². The number of methoxy groups -OCH3 is 1. The Morgan fingerprint density at radius 2 is 1.95 bits per heavy atom. The summed E-state index contributed by atoms with van der Waals surface area (Å²) in [5, 5.41) is 5.83. The Kier molecular flexibility index (Phi) is 9.22. The van der Waals surface area contributed by atoms with Gasteiger partial charge >= 0.3 is 0 Å². The quantitative estimate of drug-likeness (QED) is 0.196. The maximum atomic E-state index is 12.4. The van der Waals surface area contributed by atoms with Gasteiger partial charge in [-0.3, -0.25) is 14.6 Å². The van der Waals surface area contributed by atoms with Gasteiger partial charge in [-0.25, -0.2) is 0 Å². The van der Waals surface area contributed by atoms with E-state index >= 15 is 0 Å². The molecule has 39 heavy (non-hydrogen) atoms. The van der Waals surface area contributed by atoms with Crippen molar-refractivity contribution in [1.29, 1.82) is 0 Å². The summed E-state index contributed by atoms with van der Waals surface area (Å²) in [4.78, 5) is 31.1. The Morgan fingerprint density at radius 3 is 2.64 bits per heavy atom. The molecule has 1 aliphatic rings. The molecule has 8 nitrogen and oxygen atoms in total. The lowest BCUT2D eigenvalue weighted by Crippen LogP contribution is -2.35. The lowest BCUT2D eigenvalue weighted by atomic mass is 10.1. The minimum Gasteiger partial charge on any atom is -0.493 e. The zero-order valence-corrected chi connectivity index (χ0v) is 23.3. The van der Waals surface area contributed by atoms with Gasteiger partial charge in [0.1, 0.15) is 6.61 Å². The number of para-hydroxylation sites is 1. The minimum atomic E-state index is -0.345. The van der Waals surface area contributed by atoms with Crippen LogP contribution in [0.25, 0.3) is 0 Å². The molecule has 0 saturated carbocycles. The third-order valence-corrected chi connectivity index (χ3v) is 7.13. The summed E-state index contributed by atoms with van der Waals surface area (Å²) >= 11 is 6.11.